The molecule has 1 heterocycles. The van der Waals surface area contributed by atoms with Crippen LogP contribution in [0.5, 0.6) is 5.75 Å². The van der Waals surface area contributed by atoms with Crippen LogP contribution in [-0.2, 0) is 9.59 Å². The van der Waals surface area contributed by atoms with Crippen molar-refractivity contribution in [1.29, 1.82) is 0 Å². The second-order valence-corrected chi connectivity index (χ2v) is 7.09. The smallest absolute Gasteiger partial charge is 0.242 e. The van der Waals surface area contributed by atoms with Gasteiger partial charge >= 0.3 is 0 Å². The SMILES string of the molecule is COc1ccccc1N1CCN(C(=O)CNC(=O)C2CCCCC2)CC1. The van der Waals surface area contributed by atoms with Crippen LogP contribution in [0.15, 0.2) is 24.3 Å². The van der Waals surface area contributed by atoms with Gasteiger partial charge < -0.3 is 19.9 Å². The predicted molar refractivity (Wildman–Crippen MR) is 101 cm³/mol. The van der Waals surface area contributed by atoms with Gasteiger partial charge in [0.15, 0.2) is 0 Å². The van der Waals surface area contributed by atoms with Gasteiger partial charge in [-0.15, -0.1) is 0 Å². The Morgan fingerprint density at radius 2 is 1.77 bits per heavy atom. The molecule has 0 atom stereocenters. The van der Waals surface area contributed by atoms with E-state index in [1.165, 1.54) is 6.42 Å². The molecule has 1 saturated carbocycles. The number of carbonyl (C=O) groups excluding carboxylic acids is 2. The number of nitrogens with zero attached hydrogens (tertiary/aromatic N) is 2. The zero-order valence-electron chi connectivity index (χ0n) is 15.6. The Morgan fingerprint density at radius 1 is 1.08 bits per heavy atom. The Kier molecular flexibility index (Phi) is 6.36. The van der Waals surface area contributed by atoms with Crippen LogP contribution in [0, 0.1) is 5.92 Å². The van der Waals surface area contributed by atoms with Gasteiger partial charge in [-0.3, -0.25) is 9.59 Å². The van der Waals surface area contributed by atoms with Gasteiger partial charge in [0.05, 0.1) is 19.3 Å². The lowest BCUT2D eigenvalue weighted by atomic mass is 9.89. The van der Waals surface area contributed by atoms with Gasteiger partial charge in [-0.1, -0.05) is 31.4 Å². The number of nitrogens with one attached hydrogen (secondary N) is 1. The number of hydrogen-bond donors (Lipinski definition) is 1. The van der Waals surface area contributed by atoms with E-state index in [0.29, 0.717) is 13.1 Å². The van der Waals surface area contributed by atoms with E-state index >= 15 is 0 Å². The number of para-hydroxylation sites is 2. The number of carbonyl (C=O) groups is 2. The number of piperazine rings is 1. The first-order valence-electron chi connectivity index (χ1n) is 9.62. The average molecular weight is 359 g/mol. The van der Waals surface area contributed by atoms with Crippen molar-refractivity contribution in [3.8, 4) is 5.75 Å². The van der Waals surface area contributed by atoms with Crippen molar-refractivity contribution in [3.63, 3.8) is 0 Å². The molecule has 6 nitrogen and oxygen atoms in total. The van der Waals surface area contributed by atoms with Crippen molar-refractivity contribution in [3.05, 3.63) is 24.3 Å². The fraction of sp³-hybridized carbons (Fsp3) is 0.600. The molecule has 0 radical (unpaired) electrons. The first kappa shape index (κ1) is 18.5. The third-order valence-electron chi connectivity index (χ3n) is 5.45. The molecule has 6 heteroatoms. The molecule has 0 aromatic heterocycles. The van der Waals surface area contributed by atoms with Gasteiger partial charge in [-0.2, -0.15) is 0 Å². The Bertz CT molecular complexity index is 620. The van der Waals surface area contributed by atoms with Crippen LogP contribution in [0.25, 0.3) is 0 Å². The largest absolute Gasteiger partial charge is 0.495 e. The average Bonchev–Trinajstić information content (AvgIpc) is 2.72. The number of anilines is 1. The fourth-order valence-electron chi connectivity index (χ4n) is 3.87. The number of methoxy groups -OCH3 is 1. The molecule has 2 fully saturated rings. The highest BCUT2D eigenvalue weighted by Crippen LogP contribution is 2.28. The zero-order valence-corrected chi connectivity index (χ0v) is 15.6. The summed E-state index contributed by atoms with van der Waals surface area (Å²) in [6, 6.07) is 7.95. The first-order chi connectivity index (χ1) is 12.7. The van der Waals surface area contributed by atoms with Gasteiger partial charge in [0, 0.05) is 32.1 Å². The molecule has 1 saturated heterocycles. The van der Waals surface area contributed by atoms with Crippen molar-refractivity contribution in [2.45, 2.75) is 32.1 Å². The van der Waals surface area contributed by atoms with Gasteiger partial charge in [-0.05, 0) is 25.0 Å². The summed E-state index contributed by atoms with van der Waals surface area (Å²) in [6.07, 6.45) is 5.38. The minimum absolute atomic E-state index is 0.00818. The molecule has 2 aliphatic rings. The third-order valence-corrected chi connectivity index (χ3v) is 5.45. The van der Waals surface area contributed by atoms with E-state index in [2.05, 4.69) is 10.2 Å². The quantitative estimate of drug-likeness (QED) is 0.874. The van der Waals surface area contributed by atoms with Crippen molar-refractivity contribution in [1.82, 2.24) is 10.2 Å². The third kappa shape index (κ3) is 4.48. The summed E-state index contributed by atoms with van der Waals surface area (Å²) in [5.74, 6) is 1.01. The van der Waals surface area contributed by atoms with Crippen LogP contribution in [-0.4, -0.2) is 56.5 Å². The van der Waals surface area contributed by atoms with Crippen LogP contribution in [0.2, 0.25) is 0 Å². The number of hydrogen-bond acceptors (Lipinski definition) is 4. The summed E-state index contributed by atoms with van der Waals surface area (Å²) in [7, 11) is 1.67. The standard InChI is InChI=1S/C20H29N3O3/c1-26-18-10-6-5-9-17(18)22-11-13-23(14-12-22)19(24)15-21-20(25)16-7-3-2-4-8-16/h5-6,9-10,16H,2-4,7-8,11-15H2,1H3,(H,21,25). The highest BCUT2D eigenvalue weighted by Gasteiger charge is 2.25. The maximum absolute atomic E-state index is 12.4. The van der Waals surface area contributed by atoms with E-state index in [0.717, 1.165) is 50.2 Å². The first-order valence-corrected chi connectivity index (χ1v) is 9.62. The molecule has 0 spiro atoms. The summed E-state index contributed by atoms with van der Waals surface area (Å²) in [6.45, 7) is 2.97. The van der Waals surface area contributed by atoms with E-state index in [1.54, 1.807) is 7.11 Å². The van der Waals surface area contributed by atoms with Crippen LogP contribution in [0.4, 0.5) is 5.69 Å². The minimum Gasteiger partial charge on any atom is -0.495 e. The van der Waals surface area contributed by atoms with Crippen LogP contribution >= 0.6 is 0 Å². The number of amides is 2. The zero-order chi connectivity index (χ0) is 18.4. The number of rotatable bonds is 5. The lowest BCUT2D eigenvalue weighted by Gasteiger charge is -2.36. The molecule has 1 aliphatic carbocycles. The maximum atomic E-state index is 12.4. The lowest BCUT2D eigenvalue weighted by molar-refractivity contribution is -0.134. The van der Waals surface area contributed by atoms with Gasteiger partial charge in [-0.25, -0.2) is 0 Å². The molecule has 1 aromatic rings. The van der Waals surface area contributed by atoms with E-state index in [1.807, 2.05) is 29.2 Å². The summed E-state index contributed by atoms with van der Waals surface area (Å²) in [5, 5.41) is 2.85. The van der Waals surface area contributed by atoms with E-state index in [-0.39, 0.29) is 24.3 Å². The number of benzene rings is 1. The molecule has 3 rings (SSSR count). The Hall–Kier alpha value is -2.24. The maximum Gasteiger partial charge on any atom is 0.242 e. The molecular weight excluding hydrogens is 330 g/mol. The van der Waals surface area contributed by atoms with Crippen molar-refractivity contribution in [2.75, 3.05) is 44.7 Å². The monoisotopic (exact) mass is 359 g/mol. The minimum atomic E-state index is 0.00818. The number of ether oxygens (including phenoxy) is 1. The summed E-state index contributed by atoms with van der Waals surface area (Å²) in [5.41, 5.74) is 1.06. The van der Waals surface area contributed by atoms with Crippen molar-refractivity contribution < 1.29 is 14.3 Å². The molecule has 142 valence electrons. The van der Waals surface area contributed by atoms with Crippen LogP contribution < -0.4 is 15.0 Å². The van der Waals surface area contributed by atoms with Gasteiger partial charge in [0.25, 0.3) is 0 Å². The second kappa shape index (κ2) is 8.92. The van der Waals surface area contributed by atoms with Gasteiger partial charge in [0.2, 0.25) is 11.8 Å². The van der Waals surface area contributed by atoms with E-state index in [9.17, 15) is 9.59 Å². The molecule has 26 heavy (non-hydrogen) atoms. The van der Waals surface area contributed by atoms with E-state index < -0.39 is 0 Å². The molecule has 0 unspecified atom stereocenters. The molecule has 1 N–H and O–H groups in total. The van der Waals surface area contributed by atoms with E-state index in [4.69, 9.17) is 4.74 Å². The predicted octanol–water partition coefficient (Wildman–Crippen LogP) is 2.04. The molecule has 1 aliphatic heterocycles. The highest BCUT2D eigenvalue weighted by atomic mass is 16.5. The fourth-order valence-corrected chi connectivity index (χ4v) is 3.87. The summed E-state index contributed by atoms with van der Waals surface area (Å²) < 4.78 is 5.43. The van der Waals surface area contributed by atoms with Crippen LogP contribution in [0.1, 0.15) is 32.1 Å². The Morgan fingerprint density at radius 3 is 2.46 bits per heavy atom. The topological polar surface area (TPSA) is 61.9 Å². The van der Waals surface area contributed by atoms with Crippen molar-refractivity contribution in [2.24, 2.45) is 5.92 Å². The van der Waals surface area contributed by atoms with Gasteiger partial charge in [0.1, 0.15) is 5.75 Å². The normalized spacial score (nSPS) is 18.5. The summed E-state index contributed by atoms with van der Waals surface area (Å²) in [4.78, 5) is 28.7. The Labute approximate surface area is 155 Å². The Balaban J connectivity index is 1.45. The molecular formula is C20H29N3O3. The molecule has 0 bridgehead atoms. The van der Waals surface area contributed by atoms with Crippen molar-refractivity contribution >= 4 is 17.5 Å². The molecule has 2 amide bonds. The molecule has 1 aromatic carbocycles. The van der Waals surface area contributed by atoms with Crippen LogP contribution in [0.3, 0.4) is 0 Å². The highest BCUT2D eigenvalue weighted by molar-refractivity contribution is 5.86. The lowest BCUT2D eigenvalue weighted by Crippen LogP contribution is -2.51. The summed E-state index contributed by atoms with van der Waals surface area (Å²) >= 11 is 0. The second-order valence-electron chi connectivity index (χ2n) is 7.09.